The van der Waals surface area contributed by atoms with Gasteiger partial charge in [0.1, 0.15) is 11.7 Å². The van der Waals surface area contributed by atoms with Crippen LogP contribution in [0.3, 0.4) is 0 Å². The zero-order valence-corrected chi connectivity index (χ0v) is 18.0. The topological polar surface area (TPSA) is 51.2 Å². The van der Waals surface area contributed by atoms with E-state index < -0.39 is 11.2 Å². The second kappa shape index (κ2) is 5.19. The van der Waals surface area contributed by atoms with Crippen LogP contribution in [0.25, 0.3) is 0 Å². The number of nitrogens with zero attached hydrogens (tertiary/aromatic N) is 1. The van der Waals surface area contributed by atoms with Gasteiger partial charge >= 0.3 is 0 Å². The van der Waals surface area contributed by atoms with E-state index >= 15 is 0 Å². The third kappa shape index (κ3) is 1.73. The molecule has 1 aromatic carbocycles. The van der Waals surface area contributed by atoms with E-state index in [1.54, 1.807) is 14.2 Å². The van der Waals surface area contributed by atoms with Gasteiger partial charge in [0.2, 0.25) is 0 Å². The minimum Gasteiger partial charge on any atom is -0.493 e. The molecule has 0 unspecified atom stereocenters. The smallest absolute Gasteiger partial charge is 0.166 e. The number of methoxy groups -OCH3 is 2. The second-order valence-electron chi connectivity index (χ2n) is 10.4. The quantitative estimate of drug-likeness (QED) is 0.795. The fourth-order valence-electron chi connectivity index (χ4n) is 8.01. The monoisotopic (exact) mass is 397 g/mol. The molecule has 0 radical (unpaired) electrons. The SMILES string of the molecule is COc1ccc2c3c1O[C@@H]1[C@@]4(OC)C=C[C@]5(C[C@H]4C(C)(C)O)[C@@H](C2)N(C)CC[C@]315. The summed E-state index contributed by atoms with van der Waals surface area (Å²) in [6.07, 6.45) is 7.46. The number of hydrogen-bond donors (Lipinski definition) is 1. The van der Waals surface area contributed by atoms with Crippen LogP contribution in [0.2, 0.25) is 0 Å². The first-order chi connectivity index (χ1) is 13.7. The Hall–Kier alpha value is -1.56. The molecule has 0 amide bonds. The van der Waals surface area contributed by atoms with E-state index in [1.807, 2.05) is 13.8 Å². The van der Waals surface area contributed by atoms with Crippen molar-refractivity contribution in [3.63, 3.8) is 0 Å². The maximum absolute atomic E-state index is 11.2. The van der Waals surface area contributed by atoms with Gasteiger partial charge in [-0.05, 0) is 58.3 Å². The number of ether oxygens (including phenoxy) is 3. The van der Waals surface area contributed by atoms with Crippen molar-refractivity contribution in [3.8, 4) is 11.5 Å². The van der Waals surface area contributed by atoms with Gasteiger partial charge in [0.25, 0.3) is 0 Å². The van der Waals surface area contributed by atoms with Crippen molar-refractivity contribution in [1.82, 2.24) is 4.90 Å². The highest BCUT2D eigenvalue weighted by Gasteiger charge is 2.80. The van der Waals surface area contributed by atoms with E-state index in [-0.39, 0.29) is 22.9 Å². The number of likely N-dealkylation sites (tertiary alicyclic amines) is 1. The van der Waals surface area contributed by atoms with Gasteiger partial charge in [0.15, 0.2) is 11.5 Å². The highest BCUT2D eigenvalue weighted by molar-refractivity contribution is 5.65. The van der Waals surface area contributed by atoms with Crippen LogP contribution in [-0.4, -0.2) is 61.2 Å². The Morgan fingerprint density at radius 1 is 1.24 bits per heavy atom. The molecule has 7 rings (SSSR count). The van der Waals surface area contributed by atoms with Gasteiger partial charge in [-0.1, -0.05) is 18.2 Å². The maximum atomic E-state index is 11.2. The molecule has 2 spiro atoms. The molecular weight excluding hydrogens is 366 g/mol. The highest BCUT2D eigenvalue weighted by Crippen LogP contribution is 2.75. The van der Waals surface area contributed by atoms with Crippen LogP contribution in [-0.2, 0) is 16.6 Å². The van der Waals surface area contributed by atoms with Crippen molar-refractivity contribution in [2.75, 3.05) is 27.8 Å². The summed E-state index contributed by atoms with van der Waals surface area (Å²) in [5.41, 5.74) is 1.02. The van der Waals surface area contributed by atoms with E-state index in [2.05, 4.69) is 36.2 Å². The van der Waals surface area contributed by atoms with E-state index in [0.717, 1.165) is 37.3 Å². The predicted molar refractivity (Wildman–Crippen MR) is 110 cm³/mol. The lowest BCUT2D eigenvalue weighted by atomic mass is 9.36. The van der Waals surface area contributed by atoms with Gasteiger partial charge < -0.3 is 24.2 Å². The second-order valence-corrected chi connectivity index (χ2v) is 10.4. The van der Waals surface area contributed by atoms with Crippen molar-refractivity contribution in [2.45, 2.75) is 61.9 Å². The first-order valence-electron chi connectivity index (χ1n) is 10.8. The van der Waals surface area contributed by atoms with Crippen LogP contribution in [0.1, 0.15) is 37.8 Å². The Kier molecular flexibility index (Phi) is 3.26. The van der Waals surface area contributed by atoms with E-state index in [4.69, 9.17) is 14.2 Å². The lowest BCUT2D eigenvalue weighted by Crippen LogP contribution is -2.80. The molecule has 1 aromatic rings. The molecule has 6 atom stereocenters. The molecule has 5 nitrogen and oxygen atoms in total. The van der Waals surface area contributed by atoms with Crippen LogP contribution < -0.4 is 9.47 Å². The van der Waals surface area contributed by atoms with Crippen LogP contribution in [0.15, 0.2) is 24.3 Å². The molecule has 4 aliphatic carbocycles. The van der Waals surface area contributed by atoms with E-state index in [1.165, 1.54) is 11.1 Å². The minimum absolute atomic E-state index is 0.0426. The molecule has 0 aromatic heterocycles. The van der Waals surface area contributed by atoms with Gasteiger partial charge in [0.05, 0.1) is 18.1 Å². The van der Waals surface area contributed by atoms with E-state index in [9.17, 15) is 5.11 Å². The Morgan fingerprint density at radius 3 is 2.72 bits per heavy atom. The fraction of sp³-hybridized carbons (Fsp3) is 0.667. The van der Waals surface area contributed by atoms with Crippen molar-refractivity contribution >= 4 is 0 Å². The summed E-state index contributed by atoms with van der Waals surface area (Å²) in [5.74, 6) is 1.67. The zero-order chi connectivity index (χ0) is 20.4. The number of rotatable bonds is 3. The van der Waals surface area contributed by atoms with Crippen LogP contribution in [0.4, 0.5) is 0 Å². The van der Waals surface area contributed by atoms with Gasteiger partial charge in [-0.3, -0.25) is 0 Å². The van der Waals surface area contributed by atoms with E-state index in [0.29, 0.717) is 6.04 Å². The van der Waals surface area contributed by atoms with Crippen molar-refractivity contribution in [2.24, 2.45) is 11.3 Å². The number of piperidine rings is 1. The molecule has 29 heavy (non-hydrogen) atoms. The maximum Gasteiger partial charge on any atom is 0.166 e. The molecule has 2 heterocycles. The lowest BCUT2D eigenvalue weighted by Gasteiger charge is -2.72. The van der Waals surface area contributed by atoms with Gasteiger partial charge in [-0.2, -0.15) is 0 Å². The summed E-state index contributed by atoms with van der Waals surface area (Å²) >= 11 is 0. The molecule has 2 fully saturated rings. The fourth-order valence-corrected chi connectivity index (χ4v) is 8.01. The molecule has 2 aliphatic heterocycles. The summed E-state index contributed by atoms with van der Waals surface area (Å²) in [5, 5.41) is 11.2. The predicted octanol–water partition coefficient (Wildman–Crippen LogP) is 2.69. The Morgan fingerprint density at radius 2 is 2.03 bits per heavy atom. The van der Waals surface area contributed by atoms with Crippen LogP contribution in [0, 0.1) is 11.3 Å². The number of aliphatic hydroxyl groups is 1. The summed E-state index contributed by atoms with van der Waals surface area (Å²) in [6, 6.07) is 4.69. The van der Waals surface area contributed by atoms with Gasteiger partial charge in [-0.15, -0.1) is 0 Å². The average Bonchev–Trinajstić information content (AvgIpc) is 3.06. The summed E-state index contributed by atoms with van der Waals surface area (Å²) in [6.45, 7) is 4.89. The summed E-state index contributed by atoms with van der Waals surface area (Å²) in [4.78, 5) is 2.53. The summed E-state index contributed by atoms with van der Waals surface area (Å²) < 4.78 is 18.9. The molecule has 4 bridgehead atoms. The number of fused-ring (bicyclic) bond motifs is 1. The summed E-state index contributed by atoms with van der Waals surface area (Å²) in [7, 11) is 5.75. The Balaban J connectivity index is 1.71. The molecule has 1 N–H and O–H groups in total. The van der Waals surface area contributed by atoms with Crippen molar-refractivity contribution < 1.29 is 19.3 Å². The van der Waals surface area contributed by atoms with Gasteiger partial charge in [0, 0.05) is 30.0 Å². The van der Waals surface area contributed by atoms with Gasteiger partial charge in [-0.25, -0.2) is 0 Å². The van der Waals surface area contributed by atoms with Crippen molar-refractivity contribution in [1.29, 1.82) is 0 Å². The Bertz CT molecular complexity index is 936. The lowest BCUT2D eigenvalue weighted by molar-refractivity contribution is -0.243. The molecule has 1 saturated heterocycles. The Labute approximate surface area is 172 Å². The molecule has 6 aliphatic rings. The van der Waals surface area contributed by atoms with Crippen molar-refractivity contribution in [3.05, 3.63) is 35.4 Å². The molecule has 1 saturated carbocycles. The standard InChI is InChI=1S/C24H31NO4/c1-21(2,26)16-13-22-8-9-24(16,28-5)20-23(22)10-11-25(3)17(22)12-14-6-7-15(27-4)19(29-20)18(14)23/h6-9,16-17,20,26H,10-13H2,1-5H3/t16-,17+,20-,22-,23-,24+/m0/s1. The minimum atomic E-state index is -0.870. The molecular formula is C24H31NO4. The number of likely N-dealkylation sites (N-methyl/N-ethyl adjacent to an activating group) is 1. The zero-order valence-electron chi connectivity index (χ0n) is 18.0. The largest absolute Gasteiger partial charge is 0.493 e. The first kappa shape index (κ1) is 18.2. The van der Waals surface area contributed by atoms with Crippen LogP contribution in [0.5, 0.6) is 11.5 Å². The normalized spacial score (nSPS) is 43.9. The third-order valence-corrected chi connectivity index (χ3v) is 9.13. The highest BCUT2D eigenvalue weighted by atomic mass is 16.6. The first-order valence-corrected chi connectivity index (χ1v) is 10.8. The third-order valence-electron chi connectivity index (χ3n) is 9.13. The molecule has 156 valence electrons. The average molecular weight is 398 g/mol. The molecule has 5 heteroatoms. The van der Waals surface area contributed by atoms with Crippen LogP contribution >= 0.6 is 0 Å². The number of benzene rings is 1. The number of hydrogen-bond acceptors (Lipinski definition) is 5.